The van der Waals surface area contributed by atoms with Crippen molar-refractivity contribution in [2.75, 3.05) is 0 Å². The second-order valence-electron chi connectivity index (χ2n) is 1.35. The predicted molar refractivity (Wildman–Crippen MR) is 32.7 cm³/mol. The van der Waals surface area contributed by atoms with Gasteiger partial charge in [0.1, 0.15) is 0 Å². The molecule has 0 aliphatic carbocycles. The van der Waals surface area contributed by atoms with E-state index in [-0.39, 0.29) is 0 Å². The summed E-state index contributed by atoms with van der Waals surface area (Å²) in [5, 5.41) is 0. The molecular formula is C3H8O2Si2. The lowest BCUT2D eigenvalue weighted by atomic mass is 10.8. The highest BCUT2D eigenvalue weighted by molar-refractivity contribution is 6.68. The summed E-state index contributed by atoms with van der Waals surface area (Å²) in [4.78, 5) is 0. The summed E-state index contributed by atoms with van der Waals surface area (Å²) in [5.74, 6) is 0. The third kappa shape index (κ3) is 1.23. The summed E-state index contributed by atoms with van der Waals surface area (Å²) >= 11 is 0. The van der Waals surface area contributed by atoms with Gasteiger partial charge < -0.3 is 8.23 Å². The van der Waals surface area contributed by atoms with Crippen molar-refractivity contribution < 1.29 is 8.23 Å². The molecule has 0 unspecified atom stereocenters. The normalized spacial score (nSPS) is 34.1. The second kappa shape index (κ2) is 2.41. The molecule has 0 radical (unpaired) electrons. The average molecular weight is 132 g/mol. The van der Waals surface area contributed by atoms with E-state index < -0.39 is 19.3 Å². The predicted octanol–water partition coefficient (Wildman–Crippen LogP) is -0.632. The Balaban J connectivity index is 2.14. The third-order valence-corrected chi connectivity index (χ3v) is 5.23. The van der Waals surface area contributed by atoms with Crippen LogP contribution in [0.15, 0.2) is 11.8 Å². The molecule has 4 heteroatoms. The summed E-state index contributed by atoms with van der Waals surface area (Å²) in [6.45, 7) is 1.99. The Bertz CT molecular complexity index is 79.0. The van der Waals surface area contributed by atoms with Gasteiger partial charge in [0.25, 0.3) is 10.0 Å². The summed E-state index contributed by atoms with van der Waals surface area (Å²) in [5.41, 5.74) is 2.04. The lowest BCUT2D eigenvalue weighted by Gasteiger charge is -2.21. The average Bonchev–Trinajstić information content (AvgIpc) is 1.55. The topological polar surface area (TPSA) is 18.5 Å². The van der Waals surface area contributed by atoms with Crippen LogP contribution < -0.4 is 0 Å². The zero-order valence-electron chi connectivity index (χ0n) is 4.26. The lowest BCUT2D eigenvalue weighted by Crippen LogP contribution is -2.37. The fraction of sp³-hybridized carbons (Fsp3) is 0.333. The highest BCUT2D eigenvalue weighted by Crippen LogP contribution is 1.98. The first kappa shape index (κ1) is 5.23. The monoisotopic (exact) mass is 132 g/mol. The Morgan fingerprint density at radius 1 is 1.57 bits per heavy atom. The van der Waals surface area contributed by atoms with E-state index in [4.69, 9.17) is 8.23 Å². The second-order valence-corrected chi connectivity index (χ2v) is 5.37. The van der Waals surface area contributed by atoms with Crippen LogP contribution >= 0.6 is 0 Å². The molecule has 0 spiro atoms. The molecule has 1 saturated heterocycles. The molecule has 0 bridgehead atoms. The third-order valence-electron chi connectivity index (χ3n) is 0.814. The van der Waals surface area contributed by atoms with Crippen LogP contribution in [0.25, 0.3) is 0 Å². The van der Waals surface area contributed by atoms with Gasteiger partial charge in [0.2, 0.25) is 0 Å². The van der Waals surface area contributed by atoms with Gasteiger partial charge in [0.05, 0.1) is 0 Å². The van der Waals surface area contributed by atoms with E-state index in [1.807, 2.05) is 18.7 Å². The van der Waals surface area contributed by atoms with Gasteiger partial charge in [-0.2, -0.15) is 0 Å². The van der Waals surface area contributed by atoms with Gasteiger partial charge in [0.15, 0.2) is 0 Å². The molecule has 0 aromatic carbocycles. The standard InChI is InChI=1S/C3H8O2Si2/c1-2-3-7-4-6-5-7/h2-3,7H,6H2,1H3. The van der Waals surface area contributed by atoms with Gasteiger partial charge in [-0.1, -0.05) is 11.8 Å². The van der Waals surface area contributed by atoms with E-state index in [1.54, 1.807) is 0 Å². The van der Waals surface area contributed by atoms with Crippen molar-refractivity contribution in [3.8, 4) is 0 Å². The summed E-state index contributed by atoms with van der Waals surface area (Å²) in [6, 6.07) is 0. The van der Waals surface area contributed by atoms with Crippen LogP contribution in [0.2, 0.25) is 0 Å². The Labute approximate surface area is 47.0 Å². The maximum absolute atomic E-state index is 5.14. The van der Waals surface area contributed by atoms with Gasteiger partial charge in [-0.05, 0) is 6.92 Å². The van der Waals surface area contributed by atoms with Crippen molar-refractivity contribution >= 4 is 19.3 Å². The SMILES string of the molecule is CC=C[SiH]1O[SiH2]O1. The van der Waals surface area contributed by atoms with Gasteiger partial charge in [0, 0.05) is 0 Å². The van der Waals surface area contributed by atoms with Crippen LogP contribution in [0.1, 0.15) is 6.92 Å². The molecule has 0 N–H and O–H groups in total. The highest BCUT2D eigenvalue weighted by atomic mass is 28.4. The first-order valence-electron chi connectivity index (χ1n) is 2.29. The Kier molecular flexibility index (Phi) is 1.80. The quantitative estimate of drug-likeness (QED) is 0.442. The molecule has 0 saturated carbocycles. The van der Waals surface area contributed by atoms with Crippen molar-refractivity contribution in [2.24, 2.45) is 0 Å². The molecule has 0 aromatic rings. The number of allylic oxidation sites excluding steroid dienone is 1. The molecule has 0 atom stereocenters. The minimum absolute atomic E-state index is 0.452. The zero-order chi connectivity index (χ0) is 5.11. The summed E-state index contributed by atoms with van der Waals surface area (Å²) in [7, 11) is -1.57. The van der Waals surface area contributed by atoms with Crippen LogP contribution in [0, 0.1) is 0 Å². The fourth-order valence-corrected chi connectivity index (χ4v) is 2.79. The van der Waals surface area contributed by atoms with Crippen molar-refractivity contribution in [2.45, 2.75) is 6.92 Å². The van der Waals surface area contributed by atoms with E-state index in [1.165, 1.54) is 0 Å². The van der Waals surface area contributed by atoms with Crippen LogP contribution in [0.4, 0.5) is 0 Å². The van der Waals surface area contributed by atoms with E-state index in [2.05, 4.69) is 0 Å². The molecule has 7 heavy (non-hydrogen) atoms. The smallest absolute Gasteiger partial charge is 0.329 e. The molecule has 40 valence electrons. The Morgan fingerprint density at radius 2 is 2.29 bits per heavy atom. The highest BCUT2D eigenvalue weighted by Gasteiger charge is 2.17. The molecule has 0 amide bonds. The molecule has 1 aliphatic heterocycles. The van der Waals surface area contributed by atoms with E-state index >= 15 is 0 Å². The van der Waals surface area contributed by atoms with Crippen LogP contribution in [0.5, 0.6) is 0 Å². The van der Waals surface area contributed by atoms with Gasteiger partial charge >= 0.3 is 9.28 Å². The minimum atomic E-state index is -1.12. The molecule has 0 aromatic heterocycles. The fourth-order valence-electron chi connectivity index (χ4n) is 0.415. The van der Waals surface area contributed by atoms with Crippen molar-refractivity contribution in [3.05, 3.63) is 11.8 Å². The minimum Gasteiger partial charge on any atom is -0.419 e. The Morgan fingerprint density at radius 3 is 2.43 bits per heavy atom. The van der Waals surface area contributed by atoms with Gasteiger partial charge in [-0.3, -0.25) is 0 Å². The summed E-state index contributed by atoms with van der Waals surface area (Å²) < 4.78 is 10.3. The van der Waals surface area contributed by atoms with Crippen molar-refractivity contribution in [1.29, 1.82) is 0 Å². The lowest BCUT2D eigenvalue weighted by molar-refractivity contribution is 0.325. The van der Waals surface area contributed by atoms with E-state index in [0.717, 1.165) is 0 Å². The molecule has 1 rings (SSSR count). The zero-order valence-corrected chi connectivity index (χ0v) is 6.82. The van der Waals surface area contributed by atoms with Crippen LogP contribution in [-0.2, 0) is 8.23 Å². The molecule has 1 aliphatic rings. The maximum Gasteiger partial charge on any atom is 0.329 e. The maximum atomic E-state index is 5.14. The van der Waals surface area contributed by atoms with E-state index in [9.17, 15) is 0 Å². The molecular weight excluding hydrogens is 124 g/mol. The summed E-state index contributed by atoms with van der Waals surface area (Å²) in [6.07, 6.45) is 1.99. The van der Waals surface area contributed by atoms with Gasteiger partial charge in [-0.15, -0.1) is 0 Å². The molecule has 1 heterocycles. The Hall–Kier alpha value is 0.0938. The molecule has 2 nitrogen and oxygen atoms in total. The van der Waals surface area contributed by atoms with Crippen molar-refractivity contribution in [3.63, 3.8) is 0 Å². The van der Waals surface area contributed by atoms with Crippen molar-refractivity contribution in [1.82, 2.24) is 0 Å². The number of hydrogen-bond donors (Lipinski definition) is 0. The first-order chi connectivity index (χ1) is 3.43. The first-order valence-corrected chi connectivity index (χ1v) is 5.06. The van der Waals surface area contributed by atoms with Gasteiger partial charge in [-0.25, -0.2) is 0 Å². The number of hydrogen-bond acceptors (Lipinski definition) is 2. The van der Waals surface area contributed by atoms with Crippen LogP contribution in [-0.4, -0.2) is 19.3 Å². The van der Waals surface area contributed by atoms with E-state index in [0.29, 0.717) is 0 Å². The largest absolute Gasteiger partial charge is 0.419 e. The number of rotatable bonds is 1. The van der Waals surface area contributed by atoms with Crippen LogP contribution in [0.3, 0.4) is 0 Å². The molecule has 1 fully saturated rings.